The number of carbonyl (C=O) groups excluding carboxylic acids is 1. The van der Waals surface area contributed by atoms with E-state index >= 15 is 0 Å². The van der Waals surface area contributed by atoms with Gasteiger partial charge in [-0.1, -0.05) is 83.6 Å². The van der Waals surface area contributed by atoms with Crippen LogP contribution >= 0.6 is 22.9 Å². The number of amides is 1. The van der Waals surface area contributed by atoms with E-state index in [4.69, 9.17) is 16.0 Å². The highest BCUT2D eigenvalue weighted by molar-refractivity contribution is 7.07. The number of aromatic nitrogens is 1. The van der Waals surface area contributed by atoms with Gasteiger partial charge in [0.05, 0.1) is 21.8 Å². The van der Waals surface area contributed by atoms with Gasteiger partial charge in [0.2, 0.25) is 0 Å². The topological polar surface area (TPSA) is 76.6 Å². The van der Waals surface area contributed by atoms with Crippen LogP contribution in [0.1, 0.15) is 24.3 Å². The molecular weight excluding hydrogens is 530 g/mol. The molecule has 1 atom stereocenters. The van der Waals surface area contributed by atoms with Crippen LogP contribution in [0.15, 0.2) is 123 Å². The van der Waals surface area contributed by atoms with Crippen molar-refractivity contribution in [3.63, 3.8) is 0 Å². The number of hydrogen-bond donors (Lipinski definition) is 1. The Balaban J connectivity index is 1.44. The van der Waals surface area contributed by atoms with Crippen molar-refractivity contribution in [2.24, 2.45) is 4.99 Å². The number of halogens is 1. The summed E-state index contributed by atoms with van der Waals surface area (Å²) in [4.78, 5) is 32.6. The quantitative estimate of drug-likeness (QED) is 0.300. The molecule has 39 heavy (non-hydrogen) atoms. The van der Waals surface area contributed by atoms with Crippen LogP contribution in [0.3, 0.4) is 0 Å². The third-order valence-electron chi connectivity index (χ3n) is 6.42. The predicted molar refractivity (Wildman–Crippen MR) is 154 cm³/mol. The highest BCUT2D eigenvalue weighted by Crippen LogP contribution is 2.31. The van der Waals surface area contributed by atoms with Crippen molar-refractivity contribution in [2.45, 2.75) is 13.0 Å². The van der Waals surface area contributed by atoms with E-state index in [0.717, 1.165) is 11.1 Å². The molecule has 1 aliphatic rings. The molecule has 0 unspecified atom stereocenters. The van der Waals surface area contributed by atoms with Crippen molar-refractivity contribution in [1.29, 1.82) is 0 Å². The zero-order valence-electron chi connectivity index (χ0n) is 20.8. The first-order valence-electron chi connectivity index (χ1n) is 12.3. The van der Waals surface area contributed by atoms with E-state index < -0.39 is 6.04 Å². The molecule has 1 amide bonds. The number of fused-ring (bicyclic) bond motifs is 1. The van der Waals surface area contributed by atoms with Gasteiger partial charge in [0.25, 0.3) is 11.5 Å². The molecule has 0 radical (unpaired) electrons. The largest absolute Gasteiger partial charge is 0.457 e. The molecule has 0 saturated carbocycles. The molecule has 0 saturated heterocycles. The summed E-state index contributed by atoms with van der Waals surface area (Å²) in [6.07, 6.45) is 1.71. The van der Waals surface area contributed by atoms with Gasteiger partial charge in [0, 0.05) is 22.3 Å². The average molecular weight is 552 g/mol. The van der Waals surface area contributed by atoms with Crippen molar-refractivity contribution in [3.05, 3.63) is 144 Å². The first-order valence-corrected chi connectivity index (χ1v) is 13.5. The predicted octanol–water partition coefficient (Wildman–Crippen LogP) is 5.79. The summed E-state index contributed by atoms with van der Waals surface area (Å²) < 4.78 is 8.07. The van der Waals surface area contributed by atoms with Gasteiger partial charge >= 0.3 is 0 Å². The number of furan rings is 1. The number of benzene rings is 3. The smallest absolute Gasteiger partial charge is 0.271 e. The Morgan fingerprint density at radius 2 is 1.74 bits per heavy atom. The number of allylic oxidation sites excluding steroid dienone is 1. The summed E-state index contributed by atoms with van der Waals surface area (Å²) in [6.45, 7) is 1.80. The van der Waals surface area contributed by atoms with Gasteiger partial charge in [-0.25, -0.2) is 4.99 Å². The van der Waals surface area contributed by atoms with Crippen LogP contribution in [0, 0.1) is 0 Å². The lowest BCUT2D eigenvalue weighted by atomic mass is 9.95. The van der Waals surface area contributed by atoms with Gasteiger partial charge in [-0.2, -0.15) is 0 Å². The Morgan fingerprint density at radius 3 is 2.49 bits per heavy atom. The van der Waals surface area contributed by atoms with Gasteiger partial charge in [-0.05, 0) is 48.9 Å². The number of anilines is 1. The molecule has 0 bridgehead atoms. The summed E-state index contributed by atoms with van der Waals surface area (Å²) in [5.74, 6) is 0.876. The first kappa shape index (κ1) is 24.9. The third-order valence-corrected chi connectivity index (χ3v) is 7.64. The monoisotopic (exact) mass is 551 g/mol. The van der Waals surface area contributed by atoms with Gasteiger partial charge < -0.3 is 9.73 Å². The minimum absolute atomic E-state index is 0.245. The zero-order valence-corrected chi connectivity index (χ0v) is 22.4. The second-order valence-corrected chi connectivity index (χ2v) is 10.5. The van der Waals surface area contributed by atoms with Crippen LogP contribution in [0.25, 0.3) is 17.4 Å². The Morgan fingerprint density at radius 1 is 1.00 bits per heavy atom. The van der Waals surface area contributed by atoms with E-state index in [-0.39, 0.29) is 11.5 Å². The standard InChI is InChI=1S/C31H22ClN3O3S/c1-19-27(29(36)34-23-13-6-3-7-14-23)28(20-9-4-2-5-10-20)35-30(37)26(39-31(35)33-19)18-24-15-16-25(38-24)21-11-8-12-22(32)17-21/h2-18,28H,1H3,(H,34,36)/b26-18+/t28-/m0/s1. The Kier molecular flexibility index (Phi) is 6.60. The average Bonchev–Trinajstić information content (AvgIpc) is 3.53. The van der Waals surface area contributed by atoms with Crippen LogP contribution in [0.2, 0.25) is 5.02 Å². The summed E-state index contributed by atoms with van der Waals surface area (Å²) in [5, 5.41) is 3.57. The van der Waals surface area contributed by atoms with Crippen LogP contribution in [0.4, 0.5) is 5.69 Å². The summed E-state index contributed by atoms with van der Waals surface area (Å²) in [5.41, 5.74) is 3.07. The molecule has 1 aliphatic heterocycles. The number of carbonyl (C=O) groups is 1. The fourth-order valence-electron chi connectivity index (χ4n) is 4.64. The fourth-order valence-corrected chi connectivity index (χ4v) is 5.86. The van der Waals surface area contributed by atoms with Crippen molar-refractivity contribution < 1.29 is 9.21 Å². The van der Waals surface area contributed by atoms with Gasteiger partial charge in [-0.3, -0.25) is 14.2 Å². The summed E-state index contributed by atoms with van der Waals surface area (Å²) in [6, 6.07) is 29.2. The van der Waals surface area contributed by atoms with E-state index in [0.29, 0.717) is 42.8 Å². The van der Waals surface area contributed by atoms with Crippen LogP contribution in [0.5, 0.6) is 0 Å². The molecule has 3 aromatic carbocycles. The molecule has 2 aromatic heterocycles. The maximum atomic E-state index is 13.8. The van der Waals surface area contributed by atoms with Crippen LogP contribution in [-0.4, -0.2) is 10.5 Å². The maximum absolute atomic E-state index is 13.8. The lowest BCUT2D eigenvalue weighted by Gasteiger charge is -2.25. The highest BCUT2D eigenvalue weighted by atomic mass is 35.5. The molecule has 3 heterocycles. The normalized spacial score (nSPS) is 15.1. The molecule has 0 aliphatic carbocycles. The van der Waals surface area contributed by atoms with E-state index in [9.17, 15) is 9.59 Å². The minimum Gasteiger partial charge on any atom is -0.457 e. The van der Waals surface area contributed by atoms with Crippen molar-refractivity contribution in [2.75, 3.05) is 5.32 Å². The molecule has 6 nitrogen and oxygen atoms in total. The molecule has 192 valence electrons. The van der Waals surface area contributed by atoms with Crippen molar-refractivity contribution in [3.8, 4) is 11.3 Å². The molecule has 6 rings (SSSR count). The lowest BCUT2D eigenvalue weighted by molar-refractivity contribution is -0.113. The molecule has 5 aromatic rings. The molecule has 8 heteroatoms. The number of hydrogen-bond acceptors (Lipinski definition) is 5. The van der Waals surface area contributed by atoms with Crippen LogP contribution < -0.4 is 20.2 Å². The molecule has 0 fully saturated rings. The first-order chi connectivity index (χ1) is 19.0. The molecule has 1 N–H and O–H groups in total. The SMILES string of the molecule is CC1=C(C(=O)Nc2ccccc2)[C@H](c2ccccc2)n2c(s/c(=C/c3ccc(-c4cccc(Cl)c4)o3)c2=O)=N1. The zero-order chi connectivity index (χ0) is 26.9. The van der Waals surface area contributed by atoms with E-state index in [1.165, 1.54) is 11.3 Å². The minimum atomic E-state index is -0.632. The number of nitrogens with one attached hydrogen (secondary N) is 1. The number of thiazole rings is 1. The van der Waals surface area contributed by atoms with Crippen LogP contribution in [-0.2, 0) is 4.79 Å². The number of nitrogens with zero attached hydrogens (tertiary/aromatic N) is 2. The highest BCUT2D eigenvalue weighted by Gasteiger charge is 2.32. The summed E-state index contributed by atoms with van der Waals surface area (Å²) >= 11 is 7.40. The van der Waals surface area contributed by atoms with Crippen molar-refractivity contribution >= 4 is 40.6 Å². The lowest BCUT2D eigenvalue weighted by Crippen LogP contribution is -2.40. The van der Waals surface area contributed by atoms with Gasteiger partial charge in [-0.15, -0.1) is 0 Å². The fraction of sp³-hybridized carbons (Fsp3) is 0.0645. The Hall–Kier alpha value is -4.46. The van der Waals surface area contributed by atoms with E-state index in [2.05, 4.69) is 10.3 Å². The molecule has 0 spiro atoms. The summed E-state index contributed by atoms with van der Waals surface area (Å²) in [7, 11) is 0. The maximum Gasteiger partial charge on any atom is 0.271 e. The van der Waals surface area contributed by atoms with Gasteiger partial charge in [0.1, 0.15) is 11.5 Å². The van der Waals surface area contributed by atoms with E-state index in [1.54, 1.807) is 23.6 Å². The third kappa shape index (κ3) is 4.90. The van der Waals surface area contributed by atoms with E-state index in [1.807, 2.05) is 91.0 Å². The second-order valence-electron chi connectivity index (χ2n) is 9.03. The second kappa shape index (κ2) is 10.4. The Bertz CT molecular complexity index is 1900. The van der Waals surface area contributed by atoms with Crippen molar-refractivity contribution in [1.82, 2.24) is 4.57 Å². The number of rotatable bonds is 5. The molecular formula is C31H22ClN3O3S. The Labute approximate surface area is 232 Å². The number of para-hydroxylation sites is 1. The van der Waals surface area contributed by atoms with Gasteiger partial charge in [0.15, 0.2) is 4.80 Å².